The third-order valence-electron chi connectivity index (χ3n) is 2.74. The van der Waals surface area contributed by atoms with Crippen molar-refractivity contribution < 1.29 is 14.6 Å². The molecule has 0 aliphatic carbocycles. The maximum absolute atomic E-state index is 9.44. The lowest BCUT2D eigenvalue weighted by Crippen LogP contribution is -2.41. The van der Waals surface area contributed by atoms with Crippen LogP contribution in [-0.4, -0.2) is 50.2 Å². The van der Waals surface area contributed by atoms with Gasteiger partial charge in [0.15, 0.2) is 0 Å². The van der Waals surface area contributed by atoms with Crippen molar-refractivity contribution in [1.29, 1.82) is 0 Å². The van der Waals surface area contributed by atoms with Gasteiger partial charge in [0.1, 0.15) is 0 Å². The molecule has 4 nitrogen and oxygen atoms in total. The lowest BCUT2D eigenvalue weighted by Gasteiger charge is -2.16. The molecule has 0 saturated carbocycles. The van der Waals surface area contributed by atoms with E-state index in [9.17, 15) is 5.11 Å². The third kappa shape index (κ3) is 2.40. The van der Waals surface area contributed by atoms with Crippen molar-refractivity contribution in [1.82, 2.24) is 5.32 Å². The molecule has 0 aromatic heterocycles. The predicted molar refractivity (Wildman–Crippen MR) is 47.5 cm³/mol. The van der Waals surface area contributed by atoms with Gasteiger partial charge in [0.2, 0.25) is 0 Å². The molecule has 0 amide bonds. The van der Waals surface area contributed by atoms with Gasteiger partial charge in [0.05, 0.1) is 32.0 Å². The Morgan fingerprint density at radius 1 is 1.23 bits per heavy atom. The Kier molecular flexibility index (Phi) is 3.16. The molecule has 3 unspecified atom stereocenters. The van der Waals surface area contributed by atoms with E-state index in [1.807, 2.05) is 0 Å². The van der Waals surface area contributed by atoms with Crippen molar-refractivity contribution in [2.75, 3.05) is 33.0 Å². The van der Waals surface area contributed by atoms with Crippen molar-refractivity contribution in [3.63, 3.8) is 0 Å². The number of ether oxygens (including phenoxy) is 2. The first-order chi connectivity index (χ1) is 6.36. The van der Waals surface area contributed by atoms with Crippen LogP contribution in [0.2, 0.25) is 0 Å². The maximum Gasteiger partial charge on any atom is 0.0948 e. The molecule has 0 bridgehead atoms. The summed E-state index contributed by atoms with van der Waals surface area (Å²) >= 11 is 0. The zero-order valence-electron chi connectivity index (χ0n) is 7.74. The SMILES string of the molecule is OC1COCC1NCC1CCOC1. The molecular formula is C9H17NO3. The molecule has 0 aromatic carbocycles. The third-order valence-corrected chi connectivity index (χ3v) is 2.74. The van der Waals surface area contributed by atoms with Crippen LogP contribution >= 0.6 is 0 Å². The van der Waals surface area contributed by atoms with Gasteiger partial charge in [0.25, 0.3) is 0 Å². The molecule has 2 heterocycles. The molecule has 2 rings (SSSR count). The number of hydrogen-bond acceptors (Lipinski definition) is 4. The minimum absolute atomic E-state index is 0.126. The second-order valence-electron chi connectivity index (χ2n) is 3.85. The second-order valence-corrected chi connectivity index (χ2v) is 3.85. The van der Waals surface area contributed by atoms with Crippen LogP contribution in [0.1, 0.15) is 6.42 Å². The van der Waals surface area contributed by atoms with E-state index in [1.165, 1.54) is 0 Å². The number of aliphatic hydroxyl groups excluding tert-OH is 1. The molecule has 0 spiro atoms. The fourth-order valence-corrected chi connectivity index (χ4v) is 1.80. The van der Waals surface area contributed by atoms with Crippen molar-refractivity contribution in [2.45, 2.75) is 18.6 Å². The van der Waals surface area contributed by atoms with Crippen LogP contribution in [0.15, 0.2) is 0 Å². The van der Waals surface area contributed by atoms with Gasteiger partial charge in [-0.05, 0) is 12.3 Å². The molecule has 3 atom stereocenters. The fraction of sp³-hybridized carbons (Fsp3) is 1.00. The second kappa shape index (κ2) is 4.37. The maximum atomic E-state index is 9.44. The summed E-state index contributed by atoms with van der Waals surface area (Å²) in [7, 11) is 0. The zero-order valence-corrected chi connectivity index (χ0v) is 7.74. The van der Waals surface area contributed by atoms with Crippen LogP contribution in [0.4, 0.5) is 0 Å². The minimum Gasteiger partial charge on any atom is -0.389 e. The Balaban J connectivity index is 1.66. The normalized spacial score (nSPS) is 39.9. The lowest BCUT2D eigenvalue weighted by molar-refractivity contribution is 0.121. The van der Waals surface area contributed by atoms with E-state index in [0.717, 1.165) is 26.2 Å². The van der Waals surface area contributed by atoms with Gasteiger partial charge in [-0.2, -0.15) is 0 Å². The van der Waals surface area contributed by atoms with Crippen LogP contribution < -0.4 is 5.32 Å². The summed E-state index contributed by atoms with van der Waals surface area (Å²) in [5.41, 5.74) is 0. The van der Waals surface area contributed by atoms with E-state index in [0.29, 0.717) is 19.1 Å². The Morgan fingerprint density at radius 2 is 2.15 bits per heavy atom. The number of aliphatic hydroxyl groups is 1. The van der Waals surface area contributed by atoms with Gasteiger partial charge in [-0.3, -0.25) is 0 Å². The summed E-state index contributed by atoms with van der Waals surface area (Å²) in [6.07, 6.45) is 0.804. The summed E-state index contributed by atoms with van der Waals surface area (Å²) < 4.78 is 10.4. The molecule has 2 saturated heterocycles. The van der Waals surface area contributed by atoms with E-state index in [1.54, 1.807) is 0 Å². The van der Waals surface area contributed by atoms with Crippen molar-refractivity contribution >= 4 is 0 Å². The largest absolute Gasteiger partial charge is 0.389 e. The van der Waals surface area contributed by atoms with E-state index in [-0.39, 0.29) is 12.1 Å². The van der Waals surface area contributed by atoms with E-state index >= 15 is 0 Å². The molecule has 2 aliphatic heterocycles. The average Bonchev–Trinajstić information content (AvgIpc) is 2.72. The molecule has 76 valence electrons. The molecule has 2 fully saturated rings. The number of nitrogens with one attached hydrogen (secondary N) is 1. The number of rotatable bonds is 3. The van der Waals surface area contributed by atoms with Gasteiger partial charge < -0.3 is 19.9 Å². The highest BCUT2D eigenvalue weighted by Crippen LogP contribution is 2.12. The Hall–Kier alpha value is -0.160. The topological polar surface area (TPSA) is 50.7 Å². The predicted octanol–water partition coefficient (Wildman–Crippen LogP) is -0.628. The highest BCUT2D eigenvalue weighted by atomic mass is 16.5. The highest BCUT2D eigenvalue weighted by Gasteiger charge is 2.26. The fourth-order valence-electron chi connectivity index (χ4n) is 1.80. The van der Waals surface area contributed by atoms with E-state index in [2.05, 4.69) is 5.32 Å². The zero-order chi connectivity index (χ0) is 9.10. The quantitative estimate of drug-likeness (QED) is 0.618. The molecule has 0 aromatic rings. The molecule has 13 heavy (non-hydrogen) atoms. The first-order valence-corrected chi connectivity index (χ1v) is 4.93. The first kappa shape index (κ1) is 9.40. The van der Waals surface area contributed by atoms with Crippen LogP contribution in [0, 0.1) is 5.92 Å². The van der Waals surface area contributed by atoms with Gasteiger partial charge >= 0.3 is 0 Å². The monoisotopic (exact) mass is 187 g/mol. The minimum atomic E-state index is -0.331. The molecule has 0 radical (unpaired) electrons. The van der Waals surface area contributed by atoms with Gasteiger partial charge in [0, 0.05) is 13.2 Å². The van der Waals surface area contributed by atoms with Crippen molar-refractivity contribution in [3.8, 4) is 0 Å². The Bertz CT molecular complexity index is 159. The summed E-state index contributed by atoms with van der Waals surface area (Å²) in [6.45, 7) is 3.78. The Morgan fingerprint density at radius 3 is 2.77 bits per heavy atom. The first-order valence-electron chi connectivity index (χ1n) is 4.93. The van der Waals surface area contributed by atoms with E-state index in [4.69, 9.17) is 9.47 Å². The highest BCUT2D eigenvalue weighted by molar-refractivity contribution is 4.81. The molecule has 2 N–H and O–H groups in total. The lowest BCUT2D eigenvalue weighted by atomic mass is 10.1. The van der Waals surface area contributed by atoms with Crippen LogP contribution in [0.5, 0.6) is 0 Å². The molecule has 2 aliphatic rings. The summed E-state index contributed by atoms with van der Waals surface area (Å²) in [4.78, 5) is 0. The summed E-state index contributed by atoms with van der Waals surface area (Å²) in [5, 5.41) is 12.8. The van der Waals surface area contributed by atoms with Crippen LogP contribution in [0.25, 0.3) is 0 Å². The van der Waals surface area contributed by atoms with E-state index < -0.39 is 0 Å². The smallest absolute Gasteiger partial charge is 0.0948 e. The molecule has 4 heteroatoms. The van der Waals surface area contributed by atoms with Crippen molar-refractivity contribution in [3.05, 3.63) is 0 Å². The summed E-state index contributed by atoms with van der Waals surface area (Å²) in [5.74, 6) is 0.618. The van der Waals surface area contributed by atoms with Gasteiger partial charge in [-0.15, -0.1) is 0 Å². The molecular weight excluding hydrogens is 170 g/mol. The summed E-state index contributed by atoms with van der Waals surface area (Å²) in [6, 6.07) is 0.126. The Labute approximate surface area is 78.2 Å². The average molecular weight is 187 g/mol. The van der Waals surface area contributed by atoms with Gasteiger partial charge in [-0.25, -0.2) is 0 Å². The number of hydrogen-bond donors (Lipinski definition) is 2. The van der Waals surface area contributed by atoms with Gasteiger partial charge in [-0.1, -0.05) is 0 Å². The van der Waals surface area contributed by atoms with Crippen molar-refractivity contribution in [2.24, 2.45) is 5.92 Å². The van der Waals surface area contributed by atoms with Crippen LogP contribution in [0.3, 0.4) is 0 Å². The standard InChI is InChI=1S/C9H17NO3/c11-9-6-13-5-8(9)10-3-7-1-2-12-4-7/h7-11H,1-6H2. The van der Waals surface area contributed by atoms with Crippen LogP contribution in [-0.2, 0) is 9.47 Å².